The molecule has 16 heavy (non-hydrogen) atoms. The number of ether oxygens (including phenoxy) is 1. The molecule has 2 heterocycles. The third kappa shape index (κ3) is 3.02. The smallest absolute Gasteiger partial charge is 0.302 e. The Balaban J connectivity index is 1.73. The van der Waals surface area contributed by atoms with E-state index in [4.69, 9.17) is 4.74 Å². The Bertz CT molecular complexity index is 220. The second-order valence-electron chi connectivity index (χ2n) is 5.53. The molecule has 2 aliphatic heterocycles. The Morgan fingerprint density at radius 2 is 1.75 bits per heavy atom. The molecule has 0 aromatic heterocycles. The largest absolute Gasteiger partial charge is 0.466 e. The van der Waals surface area contributed by atoms with Crippen LogP contribution in [0.5, 0.6) is 0 Å². The van der Waals surface area contributed by atoms with Crippen molar-refractivity contribution in [2.75, 3.05) is 6.61 Å². The van der Waals surface area contributed by atoms with Crippen molar-refractivity contribution in [3.63, 3.8) is 0 Å². The number of hydrogen-bond acceptors (Lipinski definition) is 2. The quantitative estimate of drug-likeness (QED) is 0.413. The standard InChI is InChI=1S/C13H23BO2/c1-11(15)16-10-4-9-14-12-5-2-6-13(14)8-3-7-12/h12-13H,2-10H2,1H3. The molecular formula is C13H23BO2. The highest BCUT2D eigenvalue weighted by Gasteiger charge is 2.38. The van der Waals surface area contributed by atoms with Crippen molar-refractivity contribution >= 4 is 12.7 Å². The van der Waals surface area contributed by atoms with E-state index in [1.807, 2.05) is 0 Å². The highest BCUT2D eigenvalue weighted by atomic mass is 16.5. The lowest BCUT2D eigenvalue weighted by atomic mass is 9.26. The van der Waals surface area contributed by atoms with Gasteiger partial charge in [-0.15, -0.1) is 0 Å². The summed E-state index contributed by atoms with van der Waals surface area (Å²) in [5.74, 6) is 1.85. The first kappa shape index (κ1) is 12.0. The molecule has 0 N–H and O–H groups in total. The molecule has 0 aromatic rings. The minimum atomic E-state index is -0.135. The zero-order valence-corrected chi connectivity index (χ0v) is 10.4. The minimum absolute atomic E-state index is 0.135. The van der Waals surface area contributed by atoms with Crippen molar-refractivity contribution in [3.8, 4) is 0 Å². The van der Waals surface area contributed by atoms with Crippen molar-refractivity contribution in [3.05, 3.63) is 0 Å². The van der Waals surface area contributed by atoms with Gasteiger partial charge in [0.1, 0.15) is 6.71 Å². The van der Waals surface area contributed by atoms with E-state index >= 15 is 0 Å². The summed E-state index contributed by atoms with van der Waals surface area (Å²) in [5, 5.41) is 0. The van der Waals surface area contributed by atoms with Crippen LogP contribution in [0.1, 0.15) is 51.9 Å². The molecule has 2 aliphatic rings. The van der Waals surface area contributed by atoms with Gasteiger partial charge in [0.15, 0.2) is 0 Å². The monoisotopic (exact) mass is 222 g/mol. The molecule has 3 heteroatoms. The fraction of sp³-hybridized carbons (Fsp3) is 0.923. The normalized spacial score (nSPS) is 28.9. The average Bonchev–Trinajstić information content (AvgIpc) is 2.23. The van der Waals surface area contributed by atoms with Crippen molar-refractivity contribution in [2.24, 2.45) is 0 Å². The van der Waals surface area contributed by atoms with E-state index in [0.29, 0.717) is 6.61 Å². The van der Waals surface area contributed by atoms with E-state index in [1.54, 1.807) is 0 Å². The summed E-state index contributed by atoms with van der Waals surface area (Å²) in [6, 6.07) is 0. The van der Waals surface area contributed by atoms with E-state index in [9.17, 15) is 4.79 Å². The van der Waals surface area contributed by atoms with Crippen LogP contribution in [-0.2, 0) is 9.53 Å². The maximum Gasteiger partial charge on any atom is 0.302 e. The minimum Gasteiger partial charge on any atom is -0.466 e. The molecule has 0 spiro atoms. The predicted octanol–water partition coefficient (Wildman–Crippen LogP) is 3.54. The number of fused-ring (bicyclic) bond motifs is 2. The van der Waals surface area contributed by atoms with Crippen molar-refractivity contribution in [1.29, 1.82) is 0 Å². The lowest BCUT2D eigenvalue weighted by molar-refractivity contribution is -0.140. The first-order valence-corrected chi connectivity index (χ1v) is 6.90. The number of carbonyl (C=O) groups is 1. The number of hydrogen-bond donors (Lipinski definition) is 0. The molecule has 2 fully saturated rings. The lowest BCUT2D eigenvalue weighted by Crippen LogP contribution is -2.34. The Hall–Kier alpha value is -0.465. The SMILES string of the molecule is CC(=O)OCCCB1C2CCCC1CCC2. The van der Waals surface area contributed by atoms with Gasteiger partial charge in [-0.2, -0.15) is 0 Å². The highest BCUT2D eigenvalue weighted by molar-refractivity contribution is 6.62. The van der Waals surface area contributed by atoms with Crippen molar-refractivity contribution < 1.29 is 9.53 Å². The maximum atomic E-state index is 10.7. The topological polar surface area (TPSA) is 26.3 Å². The van der Waals surface area contributed by atoms with Crippen LogP contribution in [0.15, 0.2) is 0 Å². The fourth-order valence-corrected chi connectivity index (χ4v) is 3.82. The van der Waals surface area contributed by atoms with E-state index in [1.165, 1.54) is 51.8 Å². The van der Waals surface area contributed by atoms with Gasteiger partial charge < -0.3 is 4.74 Å². The molecule has 2 saturated heterocycles. The average molecular weight is 222 g/mol. The molecule has 0 unspecified atom stereocenters. The van der Waals surface area contributed by atoms with E-state index in [0.717, 1.165) is 24.8 Å². The number of rotatable bonds is 4. The van der Waals surface area contributed by atoms with Crippen LogP contribution in [-0.4, -0.2) is 19.3 Å². The van der Waals surface area contributed by atoms with Gasteiger partial charge in [-0.05, 0) is 6.42 Å². The van der Waals surface area contributed by atoms with Gasteiger partial charge in [-0.25, -0.2) is 0 Å². The molecule has 0 amide bonds. The summed E-state index contributed by atoms with van der Waals surface area (Å²) in [6.07, 6.45) is 11.1. The van der Waals surface area contributed by atoms with Crippen LogP contribution in [0, 0.1) is 0 Å². The van der Waals surface area contributed by atoms with Gasteiger partial charge in [-0.1, -0.05) is 56.5 Å². The Labute approximate surface area is 99.2 Å². The van der Waals surface area contributed by atoms with Gasteiger partial charge >= 0.3 is 5.97 Å². The van der Waals surface area contributed by atoms with Gasteiger partial charge in [0.05, 0.1) is 6.61 Å². The molecule has 0 aliphatic carbocycles. The molecule has 0 radical (unpaired) electrons. The molecule has 2 bridgehead atoms. The summed E-state index contributed by atoms with van der Waals surface area (Å²) < 4.78 is 5.02. The summed E-state index contributed by atoms with van der Waals surface area (Å²) in [4.78, 5) is 10.7. The first-order chi connectivity index (χ1) is 7.77. The lowest BCUT2D eigenvalue weighted by Gasteiger charge is -2.40. The van der Waals surface area contributed by atoms with Crippen LogP contribution < -0.4 is 0 Å². The molecule has 0 saturated carbocycles. The second kappa shape index (κ2) is 5.74. The van der Waals surface area contributed by atoms with Crippen LogP contribution >= 0.6 is 0 Å². The van der Waals surface area contributed by atoms with Gasteiger partial charge in [-0.3, -0.25) is 4.79 Å². The predicted molar refractivity (Wildman–Crippen MR) is 67.0 cm³/mol. The summed E-state index contributed by atoms with van der Waals surface area (Å²) in [5.41, 5.74) is 0. The molecule has 90 valence electrons. The van der Waals surface area contributed by atoms with Crippen molar-refractivity contribution in [1.82, 2.24) is 0 Å². The summed E-state index contributed by atoms with van der Waals surface area (Å²) in [6.45, 7) is 3.07. The van der Waals surface area contributed by atoms with Gasteiger partial charge in [0.25, 0.3) is 0 Å². The zero-order chi connectivity index (χ0) is 11.4. The van der Waals surface area contributed by atoms with Crippen molar-refractivity contribution in [2.45, 2.75) is 69.8 Å². The Morgan fingerprint density at radius 1 is 1.19 bits per heavy atom. The molecule has 0 aromatic carbocycles. The molecule has 2 rings (SSSR count). The van der Waals surface area contributed by atoms with Crippen LogP contribution in [0.25, 0.3) is 0 Å². The molecular weight excluding hydrogens is 199 g/mol. The summed E-state index contributed by atoms with van der Waals surface area (Å²) >= 11 is 0. The number of esters is 1. The van der Waals surface area contributed by atoms with E-state index in [-0.39, 0.29) is 5.97 Å². The molecule has 0 atom stereocenters. The Morgan fingerprint density at radius 3 is 2.25 bits per heavy atom. The van der Waals surface area contributed by atoms with E-state index < -0.39 is 0 Å². The number of carbonyl (C=O) groups excluding carboxylic acids is 1. The zero-order valence-electron chi connectivity index (χ0n) is 10.4. The Kier molecular flexibility index (Phi) is 4.31. The summed E-state index contributed by atoms with van der Waals surface area (Å²) in [7, 11) is 0. The van der Waals surface area contributed by atoms with Crippen LogP contribution in [0.4, 0.5) is 0 Å². The maximum absolute atomic E-state index is 10.7. The van der Waals surface area contributed by atoms with Crippen LogP contribution in [0.3, 0.4) is 0 Å². The second-order valence-corrected chi connectivity index (χ2v) is 5.53. The van der Waals surface area contributed by atoms with Gasteiger partial charge in [0, 0.05) is 6.92 Å². The highest BCUT2D eigenvalue weighted by Crippen LogP contribution is 2.47. The third-order valence-electron chi connectivity index (χ3n) is 4.50. The van der Waals surface area contributed by atoms with Crippen LogP contribution in [0.2, 0.25) is 18.0 Å². The fourth-order valence-electron chi connectivity index (χ4n) is 3.82. The molecule has 2 nitrogen and oxygen atoms in total. The van der Waals surface area contributed by atoms with Gasteiger partial charge in [0.2, 0.25) is 0 Å². The first-order valence-electron chi connectivity index (χ1n) is 6.90. The third-order valence-corrected chi connectivity index (χ3v) is 4.50. The van der Waals surface area contributed by atoms with E-state index in [2.05, 4.69) is 0 Å².